The van der Waals surface area contributed by atoms with Crippen molar-refractivity contribution < 1.29 is 19.1 Å². The minimum absolute atomic E-state index is 0.201. The molecule has 0 spiro atoms. The molecule has 8 nitrogen and oxygen atoms in total. The number of H-pyrrole nitrogens is 1. The number of hydrogen-bond acceptors (Lipinski definition) is 7. The standard InChI is InChI=1S/C20H17N3O5S/c1-9-11(3)29-17-15(9)16(24)21-14(22-17)8-28-20(27)10(2)23-18(25)12-6-4-5-7-13(12)19(23)26/h4-7,10H,8H2,1-3H3,(H,21,22,24)/t10-/m0/s1. The van der Waals surface area contributed by atoms with Crippen LogP contribution in [0.2, 0.25) is 0 Å². The van der Waals surface area contributed by atoms with Gasteiger partial charge < -0.3 is 9.72 Å². The largest absolute Gasteiger partial charge is 0.456 e. The Labute approximate surface area is 169 Å². The maximum atomic E-state index is 12.5. The van der Waals surface area contributed by atoms with Gasteiger partial charge in [0.25, 0.3) is 17.4 Å². The summed E-state index contributed by atoms with van der Waals surface area (Å²) in [6.07, 6.45) is 0. The van der Waals surface area contributed by atoms with E-state index in [9.17, 15) is 19.2 Å². The number of carbonyl (C=O) groups excluding carboxylic acids is 3. The zero-order valence-corrected chi connectivity index (χ0v) is 16.8. The third kappa shape index (κ3) is 3.03. The number of fused-ring (bicyclic) bond motifs is 2. The molecule has 1 atom stereocenters. The molecule has 1 aliphatic rings. The molecule has 148 valence electrons. The topological polar surface area (TPSA) is 109 Å². The molecule has 3 aromatic rings. The van der Waals surface area contributed by atoms with Crippen LogP contribution >= 0.6 is 11.3 Å². The van der Waals surface area contributed by atoms with Crippen molar-refractivity contribution >= 4 is 39.3 Å². The maximum Gasteiger partial charge on any atom is 0.329 e. The second-order valence-corrected chi connectivity index (χ2v) is 7.99. The fourth-order valence-electron chi connectivity index (χ4n) is 3.29. The number of aryl methyl sites for hydroxylation is 2. The van der Waals surface area contributed by atoms with Crippen molar-refractivity contribution in [2.45, 2.75) is 33.4 Å². The molecule has 3 heterocycles. The minimum Gasteiger partial charge on any atom is -0.456 e. The summed E-state index contributed by atoms with van der Waals surface area (Å²) in [6, 6.07) is 5.29. The Kier molecular flexibility index (Phi) is 4.54. The third-order valence-corrected chi connectivity index (χ3v) is 6.09. The molecule has 29 heavy (non-hydrogen) atoms. The van der Waals surface area contributed by atoms with E-state index in [0.717, 1.165) is 15.3 Å². The number of aromatic nitrogens is 2. The van der Waals surface area contributed by atoms with Gasteiger partial charge in [-0.15, -0.1) is 11.3 Å². The zero-order chi connectivity index (χ0) is 20.9. The van der Waals surface area contributed by atoms with Gasteiger partial charge in [0.05, 0.1) is 16.5 Å². The molecule has 0 radical (unpaired) electrons. The van der Waals surface area contributed by atoms with E-state index in [0.29, 0.717) is 10.2 Å². The van der Waals surface area contributed by atoms with E-state index >= 15 is 0 Å². The van der Waals surface area contributed by atoms with Crippen LogP contribution in [0.3, 0.4) is 0 Å². The number of benzene rings is 1. The van der Waals surface area contributed by atoms with Crippen LogP contribution in [0.1, 0.15) is 43.9 Å². The average molecular weight is 411 g/mol. The summed E-state index contributed by atoms with van der Waals surface area (Å²) in [5.74, 6) is -1.63. The number of nitrogens with zero attached hydrogens (tertiary/aromatic N) is 2. The summed E-state index contributed by atoms with van der Waals surface area (Å²) in [5.41, 5.74) is 1.10. The molecule has 0 saturated heterocycles. The van der Waals surface area contributed by atoms with Gasteiger partial charge in [-0.25, -0.2) is 9.78 Å². The Bertz CT molecular complexity index is 1210. The molecule has 0 unspecified atom stereocenters. The van der Waals surface area contributed by atoms with Gasteiger partial charge in [0.2, 0.25) is 0 Å². The Balaban J connectivity index is 1.51. The molecule has 2 aromatic heterocycles. The van der Waals surface area contributed by atoms with Crippen LogP contribution in [0.5, 0.6) is 0 Å². The number of imide groups is 1. The van der Waals surface area contributed by atoms with Crippen LogP contribution in [-0.2, 0) is 16.1 Å². The van der Waals surface area contributed by atoms with E-state index in [-0.39, 0.29) is 29.1 Å². The first-order valence-electron chi connectivity index (χ1n) is 8.92. The lowest BCUT2D eigenvalue weighted by molar-refractivity contribution is -0.149. The first kappa shape index (κ1) is 19.0. The molecule has 0 saturated carbocycles. The van der Waals surface area contributed by atoms with Crippen molar-refractivity contribution in [1.29, 1.82) is 0 Å². The molecule has 1 aliphatic heterocycles. The predicted octanol–water partition coefficient (Wildman–Crippen LogP) is 2.33. The number of hydrogen-bond donors (Lipinski definition) is 1. The highest BCUT2D eigenvalue weighted by atomic mass is 32.1. The molecule has 0 fully saturated rings. The second kappa shape index (κ2) is 6.93. The highest BCUT2D eigenvalue weighted by Crippen LogP contribution is 2.26. The predicted molar refractivity (Wildman–Crippen MR) is 106 cm³/mol. The van der Waals surface area contributed by atoms with E-state index in [2.05, 4.69) is 9.97 Å². The van der Waals surface area contributed by atoms with Crippen molar-refractivity contribution in [1.82, 2.24) is 14.9 Å². The number of ether oxygens (including phenoxy) is 1. The fourth-order valence-corrected chi connectivity index (χ4v) is 4.34. The van der Waals surface area contributed by atoms with E-state index in [1.165, 1.54) is 18.3 Å². The fraction of sp³-hybridized carbons (Fsp3) is 0.250. The van der Waals surface area contributed by atoms with Crippen molar-refractivity contribution in [2.24, 2.45) is 0 Å². The van der Waals surface area contributed by atoms with Gasteiger partial charge >= 0.3 is 5.97 Å². The molecule has 1 aromatic carbocycles. The van der Waals surface area contributed by atoms with Gasteiger partial charge in [-0.1, -0.05) is 12.1 Å². The molecular formula is C20H17N3O5S. The molecule has 1 N–H and O–H groups in total. The quantitative estimate of drug-likeness (QED) is 0.521. The van der Waals surface area contributed by atoms with Gasteiger partial charge in [0.1, 0.15) is 23.3 Å². The summed E-state index contributed by atoms with van der Waals surface area (Å²) < 4.78 is 5.23. The Morgan fingerprint density at radius 2 is 1.79 bits per heavy atom. The number of amides is 2. The number of nitrogens with one attached hydrogen (secondary N) is 1. The SMILES string of the molecule is Cc1sc2nc(COC(=O)[C@H](C)N3C(=O)c4ccccc4C3=O)[nH]c(=O)c2c1C. The molecule has 4 rings (SSSR count). The van der Waals surface area contributed by atoms with Crippen molar-refractivity contribution in [3.05, 3.63) is 62.0 Å². The van der Waals surface area contributed by atoms with E-state index in [1.54, 1.807) is 24.3 Å². The minimum atomic E-state index is -1.11. The van der Waals surface area contributed by atoms with Crippen molar-refractivity contribution in [3.63, 3.8) is 0 Å². The van der Waals surface area contributed by atoms with Gasteiger partial charge in [0.15, 0.2) is 0 Å². The van der Waals surface area contributed by atoms with E-state index in [4.69, 9.17) is 4.74 Å². The first-order chi connectivity index (χ1) is 13.8. The summed E-state index contributed by atoms with van der Waals surface area (Å²) >= 11 is 1.39. The summed E-state index contributed by atoms with van der Waals surface area (Å²) in [6.45, 7) is 4.92. The Morgan fingerprint density at radius 3 is 2.41 bits per heavy atom. The molecule has 0 aliphatic carbocycles. The van der Waals surface area contributed by atoms with Gasteiger partial charge in [-0.2, -0.15) is 0 Å². The average Bonchev–Trinajstić information content (AvgIpc) is 3.13. The lowest BCUT2D eigenvalue weighted by atomic mass is 10.1. The molecular weight excluding hydrogens is 394 g/mol. The van der Waals surface area contributed by atoms with E-state index in [1.807, 2.05) is 13.8 Å². The number of rotatable bonds is 4. The number of esters is 1. The lowest BCUT2D eigenvalue weighted by Crippen LogP contribution is -2.43. The van der Waals surface area contributed by atoms with Crippen LogP contribution in [0.15, 0.2) is 29.1 Å². The van der Waals surface area contributed by atoms with Crippen molar-refractivity contribution in [3.8, 4) is 0 Å². The summed E-state index contributed by atoms with van der Waals surface area (Å²) in [7, 11) is 0. The molecule has 2 amide bonds. The van der Waals surface area contributed by atoms with Crippen LogP contribution < -0.4 is 5.56 Å². The maximum absolute atomic E-state index is 12.5. The van der Waals surface area contributed by atoms with Crippen LogP contribution in [0.4, 0.5) is 0 Å². The number of carbonyl (C=O) groups is 3. The van der Waals surface area contributed by atoms with Gasteiger partial charge in [-0.3, -0.25) is 19.3 Å². The Morgan fingerprint density at radius 1 is 1.17 bits per heavy atom. The molecule has 0 bridgehead atoms. The number of aromatic amines is 1. The third-order valence-electron chi connectivity index (χ3n) is 4.99. The van der Waals surface area contributed by atoms with Gasteiger partial charge in [-0.05, 0) is 38.5 Å². The number of thiophene rings is 1. The Hall–Kier alpha value is -3.33. The van der Waals surface area contributed by atoms with Crippen LogP contribution in [0, 0.1) is 13.8 Å². The zero-order valence-electron chi connectivity index (χ0n) is 15.9. The van der Waals surface area contributed by atoms with Crippen molar-refractivity contribution in [2.75, 3.05) is 0 Å². The molecule has 9 heteroatoms. The second-order valence-electron chi connectivity index (χ2n) is 6.79. The normalized spacial score (nSPS) is 14.4. The first-order valence-corrected chi connectivity index (χ1v) is 9.73. The summed E-state index contributed by atoms with van der Waals surface area (Å²) in [5, 5.41) is 0.530. The smallest absolute Gasteiger partial charge is 0.329 e. The summed E-state index contributed by atoms with van der Waals surface area (Å²) in [4.78, 5) is 59.2. The highest BCUT2D eigenvalue weighted by molar-refractivity contribution is 7.18. The lowest BCUT2D eigenvalue weighted by Gasteiger charge is -2.20. The van der Waals surface area contributed by atoms with Crippen LogP contribution in [-0.4, -0.2) is 38.7 Å². The monoisotopic (exact) mass is 411 g/mol. The van der Waals surface area contributed by atoms with Gasteiger partial charge in [0, 0.05) is 4.88 Å². The van der Waals surface area contributed by atoms with Crippen LogP contribution in [0.25, 0.3) is 10.2 Å². The highest BCUT2D eigenvalue weighted by Gasteiger charge is 2.41. The van der Waals surface area contributed by atoms with E-state index < -0.39 is 23.8 Å².